The summed E-state index contributed by atoms with van der Waals surface area (Å²) in [6.45, 7) is 9.67. The molecule has 0 saturated carbocycles. The van der Waals surface area contributed by atoms with Crippen molar-refractivity contribution in [1.29, 1.82) is 0 Å². The van der Waals surface area contributed by atoms with Gasteiger partial charge in [0.2, 0.25) is 0 Å². The van der Waals surface area contributed by atoms with Crippen LogP contribution < -0.4 is 5.73 Å². The van der Waals surface area contributed by atoms with E-state index in [1.54, 1.807) is 0 Å². The number of hydrogen-bond donors (Lipinski definition) is 1. The number of rotatable bonds is 3. The molecule has 1 aliphatic rings. The Morgan fingerprint density at radius 1 is 1.37 bits per heavy atom. The molecule has 0 radical (unpaired) electrons. The SMILES string of the molecule is CC(N)=NC1CCN(Cc2ccccc2)CC1(C)C. The minimum atomic E-state index is 0.188. The number of piperidine rings is 1. The maximum absolute atomic E-state index is 5.74. The Morgan fingerprint density at radius 2 is 2.05 bits per heavy atom. The van der Waals surface area contributed by atoms with Crippen LogP contribution in [0.1, 0.15) is 32.8 Å². The van der Waals surface area contributed by atoms with Crippen molar-refractivity contribution in [2.24, 2.45) is 16.1 Å². The van der Waals surface area contributed by atoms with Crippen LogP contribution >= 0.6 is 0 Å². The van der Waals surface area contributed by atoms with Crippen molar-refractivity contribution in [3.8, 4) is 0 Å². The van der Waals surface area contributed by atoms with Crippen molar-refractivity contribution in [2.45, 2.75) is 39.8 Å². The quantitative estimate of drug-likeness (QED) is 0.670. The van der Waals surface area contributed by atoms with Gasteiger partial charge in [-0.15, -0.1) is 0 Å². The van der Waals surface area contributed by atoms with Crippen molar-refractivity contribution in [2.75, 3.05) is 13.1 Å². The van der Waals surface area contributed by atoms with Crippen LogP contribution in [0.5, 0.6) is 0 Å². The van der Waals surface area contributed by atoms with Gasteiger partial charge in [0, 0.05) is 19.6 Å². The zero-order valence-corrected chi connectivity index (χ0v) is 12.3. The Labute approximate surface area is 116 Å². The maximum atomic E-state index is 5.74. The van der Waals surface area contributed by atoms with E-state index in [1.807, 2.05) is 6.92 Å². The van der Waals surface area contributed by atoms with Gasteiger partial charge >= 0.3 is 0 Å². The Hall–Kier alpha value is -1.35. The summed E-state index contributed by atoms with van der Waals surface area (Å²) in [6, 6.07) is 11.0. The third-order valence-electron chi connectivity index (χ3n) is 3.86. The Balaban J connectivity index is 2.00. The molecule has 1 saturated heterocycles. The predicted molar refractivity (Wildman–Crippen MR) is 81.2 cm³/mol. The van der Waals surface area contributed by atoms with E-state index in [2.05, 4.69) is 54.1 Å². The van der Waals surface area contributed by atoms with E-state index in [-0.39, 0.29) is 5.41 Å². The van der Waals surface area contributed by atoms with Crippen molar-refractivity contribution >= 4 is 5.84 Å². The summed E-state index contributed by atoms with van der Waals surface area (Å²) in [5.41, 5.74) is 7.31. The molecule has 1 fully saturated rings. The van der Waals surface area contributed by atoms with Crippen LogP contribution in [0.25, 0.3) is 0 Å². The van der Waals surface area contributed by atoms with Crippen molar-refractivity contribution in [1.82, 2.24) is 4.90 Å². The highest BCUT2D eigenvalue weighted by Crippen LogP contribution is 2.32. The third-order valence-corrected chi connectivity index (χ3v) is 3.86. The first-order valence-corrected chi connectivity index (χ1v) is 7.03. The highest BCUT2D eigenvalue weighted by atomic mass is 15.2. The van der Waals surface area contributed by atoms with Crippen LogP contribution in [-0.2, 0) is 6.54 Å². The zero-order chi connectivity index (χ0) is 13.9. The smallest absolute Gasteiger partial charge is 0.0909 e. The van der Waals surface area contributed by atoms with Crippen LogP contribution in [-0.4, -0.2) is 29.9 Å². The van der Waals surface area contributed by atoms with Crippen molar-refractivity contribution < 1.29 is 0 Å². The van der Waals surface area contributed by atoms with Gasteiger partial charge in [-0.25, -0.2) is 0 Å². The van der Waals surface area contributed by atoms with E-state index >= 15 is 0 Å². The van der Waals surface area contributed by atoms with E-state index in [4.69, 9.17) is 5.73 Å². The molecule has 1 unspecified atom stereocenters. The summed E-state index contributed by atoms with van der Waals surface area (Å²) >= 11 is 0. The molecule has 19 heavy (non-hydrogen) atoms. The van der Waals surface area contributed by atoms with Crippen LogP contribution in [0, 0.1) is 5.41 Å². The predicted octanol–water partition coefficient (Wildman–Crippen LogP) is 2.66. The average molecular weight is 259 g/mol. The summed E-state index contributed by atoms with van der Waals surface area (Å²) in [6.07, 6.45) is 1.09. The molecule has 0 amide bonds. The lowest BCUT2D eigenvalue weighted by molar-refractivity contribution is 0.0908. The second-order valence-corrected chi connectivity index (χ2v) is 6.26. The number of amidine groups is 1. The van der Waals surface area contributed by atoms with Gasteiger partial charge in [-0.1, -0.05) is 44.2 Å². The molecule has 2 rings (SSSR count). The molecule has 3 heteroatoms. The lowest BCUT2D eigenvalue weighted by Crippen LogP contribution is -2.47. The van der Waals surface area contributed by atoms with E-state index in [0.29, 0.717) is 11.9 Å². The van der Waals surface area contributed by atoms with E-state index in [1.165, 1.54) is 5.56 Å². The summed E-state index contributed by atoms with van der Waals surface area (Å²) in [5, 5.41) is 0. The molecule has 1 aromatic rings. The van der Waals surface area contributed by atoms with Gasteiger partial charge in [0.1, 0.15) is 0 Å². The van der Waals surface area contributed by atoms with Gasteiger partial charge in [0.15, 0.2) is 0 Å². The third kappa shape index (κ3) is 3.80. The zero-order valence-electron chi connectivity index (χ0n) is 12.3. The van der Waals surface area contributed by atoms with Gasteiger partial charge < -0.3 is 5.73 Å². The fourth-order valence-corrected chi connectivity index (χ4v) is 2.92. The second kappa shape index (κ2) is 5.74. The Kier molecular flexibility index (Phi) is 4.25. The van der Waals surface area contributed by atoms with Crippen molar-refractivity contribution in [3.63, 3.8) is 0 Å². The number of hydrogen-bond acceptors (Lipinski definition) is 2. The van der Waals surface area contributed by atoms with Crippen molar-refractivity contribution in [3.05, 3.63) is 35.9 Å². The van der Waals surface area contributed by atoms with Gasteiger partial charge in [0.05, 0.1) is 11.9 Å². The first-order chi connectivity index (χ1) is 8.97. The molecule has 0 bridgehead atoms. The standard InChI is InChI=1S/C16H25N3/c1-13(17)18-15-9-10-19(12-16(15,2)3)11-14-7-5-4-6-8-14/h4-8,15H,9-12H2,1-3H3,(H2,17,18). The first-order valence-electron chi connectivity index (χ1n) is 7.03. The second-order valence-electron chi connectivity index (χ2n) is 6.26. The molecule has 0 spiro atoms. The lowest BCUT2D eigenvalue weighted by Gasteiger charge is -2.42. The molecule has 0 aromatic heterocycles. The fraction of sp³-hybridized carbons (Fsp3) is 0.562. The highest BCUT2D eigenvalue weighted by Gasteiger charge is 2.35. The Bertz CT molecular complexity index is 433. The normalized spacial score (nSPS) is 24.4. The molecule has 1 aliphatic heterocycles. The number of nitrogens with two attached hydrogens (primary N) is 1. The summed E-state index contributed by atoms with van der Waals surface area (Å²) in [4.78, 5) is 7.12. The van der Waals surface area contributed by atoms with E-state index in [9.17, 15) is 0 Å². The Morgan fingerprint density at radius 3 is 2.63 bits per heavy atom. The molecule has 1 aromatic carbocycles. The summed E-state index contributed by atoms with van der Waals surface area (Å²) in [5.74, 6) is 0.703. The number of likely N-dealkylation sites (tertiary alicyclic amines) is 1. The molecular weight excluding hydrogens is 234 g/mol. The fourth-order valence-electron chi connectivity index (χ4n) is 2.92. The molecule has 104 valence electrons. The van der Waals surface area contributed by atoms with Crippen LogP contribution in [0.3, 0.4) is 0 Å². The summed E-state index contributed by atoms with van der Waals surface area (Å²) in [7, 11) is 0. The minimum absolute atomic E-state index is 0.188. The monoisotopic (exact) mass is 259 g/mol. The van der Waals surface area contributed by atoms with E-state index in [0.717, 1.165) is 26.1 Å². The number of nitrogens with zero attached hydrogens (tertiary/aromatic N) is 2. The average Bonchev–Trinajstić information content (AvgIpc) is 2.33. The first kappa shape index (κ1) is 14.1. The molecule has 1 atom stereocenters. The van der Waals surface area contributed by atoms with Crippen LogP contribution in [0.2, 0.25) is 0 Å². The number of benzene rings is 1. The molecular formula is C16H25N3. The van der Waals surface area contributed by atoms with Gasteiger partial charge in [-0.05, 0) is 24.3 Å². The van der Waals surface area contributed by atoms with Gasteiger partial charge in [-0.3, -0.25) is 9.89 Å². The van der Waals surface area contributed by atoms with E-state index < -0.39 is 0 Å². The summed E-state index contributed by atoms with van der Waals surface area (Å²) < 4.78 is 0. The number of aliphatic imine (C=N–C) groups is 1. The molecule has 1 heterocycles. The molecule has 0 aliphatic carbocycles. The maximum Gasteiger partial charge on any atom is 0.0909 e. The van der Waals surface area contributed by atoms with Crippen LogP contribution in [0.4, 0.5) is 0 Å². The highest BCUT2D eigenvalue weighted by molar-refractivity contribution is 5.77. The largest absolute Gasteiger partial charge is 0.388 e. The topological polar surface area (TPSA) is 41.6 Å². The van der Waals surface area contributed by atoms with Crippen LogP contribution in [0.15, 0.2) is 35.3 Å². The molecule has 2 N–H and O–H groups in total. The lowest BCUT2D eigenvalue weighted by atomic mass is 9.79. The van der Waals surface area contributed by atoms with Gasteiger partial charge in [0.25, 0.3) is 0 Å². The molecule has 3 nitrogen and oxygen atoms in total. The van der Waals surface area contributed by atoms with Gasteiger partial charge in [-0.2, -0.15) is 0 Å². The minimum Gasteiger partial charge on any atom is -0.388 e.